The molecule has 2 nitrogen and oxygen atoms in total. The van der Waals surface area contributed by atoms with Crippen LogP contribution in [0, 0.1) is 11.8 Å². The summed E-state index contributed by atoms with van der Waals surface area (Å²) in [6, 6.07) is 6.54. The molecule has 2 N–H and O–H groups in total. The lowest BCUT2D eigenvalue weighted by molar-refractivity contribution is 0.310. The van der Waals surface area contributed by atoms with Crippen molar-refractivity contribution in [2.45, 2.75) is 40.0 Å². The average Bonchev–Trinajstić information content (AvgIpc) is 2.12. The molecule has 0 spiro atoms. The summed E-state index contributed by atoms with van der Waals surface area (Å²) in [5.74, 6) is 1.63. The van der Waals surface area contributed by atoms with E-state index in [-0.39, 0.29) is 5.41 Å². The molecule has 0 unspecified atom stereocenters. The van der Waals surface area contributed by atoms with E-state index in [2.05, 4.69) is 57.7 Å². The molecular weight excluding hydrogens is 220 g/mol. The molecule has 0 radical (unpaired) electrons. The molecule has 1 aliphatic rings. The molecule has 2 rings (SSSR count). The summed E-state index contributed by atoms with van der Waals surface area (Å²) >= 11 is 0. The molecule has 1 aromatic rings. The Balaban J connectivity index is 2.12. The summed E-state index contributed by atoms with van der Waals surface area (Å²) in [5.41, 5.74) is 9.76. The van der Waals surface area contributed by atoms with Gasteiger partial charge in [-0.25, -0.2) is 0 Å². The molecule has 1 heterocycles. The average molecular weight is 246 g/mol. The van der Waals surface area contributed by atoms with Crippen LogP contribution in [0.2, 0.25) is 0 Å². The number of anilines is 2. The van der Waals surface area contributed by atoms with E-state index in [0.717, 1.165) is 17.5 Å². The van der Waals surface area contributed by atoms with Crippen LogP contribution in [0.5, 0.6) is 0 Å². The van der Waals surface area contributed by atoms with E-state index in [1.54, 1.807) is 0 Å². The van der Waals surface area contributed by atoms with Gasteiger partial charge in [0.05, 0.1) is 0 Å². The number of nitrogens with two attached hydrogens (primary N) is 1. The lowest BCUT2D eigenvalue weighted by Gasteiger charge is -2.43. The summed E-state index contributed by atoms with van der Waals surface area (Å²) < 4.78 is 0. The van der Waals surface area contributed by atoms with Gasteiger partial charge in [-0.15, -0.1) is 0 Å². The van der Waals surface area contributed by atoms with Crippen LogP contribution < -0.4 is 10.6 Å². The van der Waals surface area contributed by atoms with Crippen molar-refractivity contribution in [2.75, 3.05) is 23.7 Å². The van der Waals surface area contributed by atoms with Crippen molar-refractivity contribution in [3.05, 3.63) is 23.8 Å². The minimum absolute atomic E-state index is 0.123. The third-order valence-electron chi connectivity index (χ3n) is 4.06. The molecule has 0 bridgehead atoms. The second-order valence-corrected chi connectivity index (χ2v) is 6.93. The highest BCUT2D eigenvalue weighted by Gasteiger charge is 2.29. The molecule has 0 aliphatic carbocycles. The van der Waals surface area contributed by atoms with Gasteiger partial charge in [0.2, 0.25) is 0 Å². The van der Waals surface area contributed by atoms with Crippen molar-refractivity contribution >= 4 is 11.4 Å². The summed E-state index contributed by atoms with van der Waals surface area (Å²) in [6.45, 7) is 13.6. The molecule has 1 saturated heterocycles. The molecule has 0 saturated carbocycles. The van der Waals surface area contributed by atoms with E-state index in [0.29, 0.717) is 0 Å². The maximum atomic E-state index is 6.19. The summed E-state index contributed by atoms with van der Waals surface area (Å²) in [7, 11) is 0. The highest BCUT2D eigenvalue weighted by atomic mass is 15.2. The van der Waals surface area contributed by atoms with Gasteiger partial charge in [0, 0.05) is 24.5 Å². The fourth-order valence-electron chi connectivity index (χ4n) is 2.57. The van der Waals surface area contributed by atoms with Gasteiger partial charge in [-0.1, -0.05) is 40.7 Å². The van der Waals surface area contributed by atoms with Gasteiger partial charge in [0.25, 0.3) is 0 Å². The molecule has 18 heavy (non-hydrogen) atoms. The van der Waals surface area contributed by atoms with Crippen molar-refractivity contribution < 1.29 is 0 Å². The Bertz CT molecular complexity index is 423. The normalized spacial score (nSPS) is 17.1. The van der Waals surface area contributed by atoms with Gasteiger partial charge in [0.1, 0.15) is 0 Å². The zero-order valence-corrected chi connectivity index (χ0v) is 12.3. The highest BCUT2D eigenvalue weighted by Crippen LogP contribution is 2.34. The van der Waals surface area contributed by atoms with Gasteiger partial charge in [-0.2, -0.15) is 0 Å². The Labute approximate surface area is 111 Å². The van der Waals surface area contributed by atoms with Crippen LogP contribution >= 0.6 is 0 Å². The Kier molecular flexibility index (Phi) is 3.31. The predicted molar refractivity (Wildman–Crippen MR) is 80.1 cm³/mol. The van der Waals surface area contributed by atoms with Crippen molar-refractivity contribution in [1.82, 2.24) is 0 Å². The van der Waals surface area contributed by atoms with Crippen LogP contribution in [0.3, 0.4) is 0 Å². The maximum absolute atomic E-state index is 6.19. The smallest absolute Gasteiger partial charge is 0.0387 e. The number of hydrogen-bond donors (Lipinski definition) is 1. The lowest BCUT2D eigenvalue weighted by Crippen LogP contribution is -2.49. The van der Waals surface area contributed by atoms with Gasteiger partial charge in [0.15, 0.2) is 0 Å². The van der Waals surface area contributed by atoms with Crippen molar-refractivity contribution in [3.63, 3.8) is 0 Å². The second-order valence-electron chi connectivity index (χ2n) is 6.93. The number of benzene rings is 1. The van der Waals surface area contributed by atoms with Crippen LogP contribution in [-0.4, -0.2) is 13.1 Å². The molecule has 1 aromatic carbocycles. The Morgan fingerprint density at radius 1 is 1.22 bits per heavy atom. The first-order valence-corrected chi connectivity index (χ1v) is 6.94. The van der Waals surface area contributed by atoms with Crippen LogP contribution in [0.4, 0.5) is 11.4 Å². The van der Waals surface area contributed by atoms with Crippen LogP contribution in [0.1, 0.15) is 40.2 Å². The molecule has 0 atom stereocenters. The molecule has 1 aliphatic heterocycles. The monoisotopic (exact) mass is 246 g/mol. The first-order valence-electron chi connectivity index (χ1n) is 6.94. The summed E-state index contributed by atoms with van der Waals surface area (Å²) in [6.07, 6.45) is 0. The zero-order valence-electron chi connectivity index (χ0n) is 12.3. The molecular formula is C16H26N2. The van der Waals surface area contributed by atoms with E-state index in [9.17, 15) is 0 Å². The van der Waals surface area contributed by atoms with E-state index in [1.165, 1.54) is 24.3 Å². The van der Waals surface area contributed by atoms with Crippen LogP contribution in [0.25, 0.3) is 0 Å². The topological polar surface area (TPSA) is 29.3 Å². The molecule has 0 amide bonds. The van der Waals surface area contributed by atoms with Crippen LogP contribution in [0.15, 0.2) is 18.2 Å². The fourth-order valence-corrected chi connectivity index (χ4v) is 2.57. The number of nitrogens with zero attached hydrogens (tertiary/aromatic N) is 1. The molecule has 100 valence electrons. The SMILES string of the molecule is CC(C)C1CN(c2ccc(C(C)(C)C)c(N)c2)C1. The molecule has 1 fully saturated rings. The quantitative estimate of drug-likeness (QED) is 0.807. The Hall–Kier alpha value is -1.18. The highest BCUT2D eigenvalue weighted by molar-refractivity contribution is 5.62. The van der Waals surface area contributed by atoms with Gasteiger partial charge in [-0.3, -0.25) is 0 Å². The minimum atomic E-state index is 0.123. The minimum Gasteiger partial charge on any atom is -0.398 e. The first kappa shape index (κ1) is 13.3. The molecule has 0 aromatic heterocycles. The molecule has 2 heteroatoms. The first-order chi connectivity index (χ1) is 8.29. The lowest BCUT2D eigenvalue weighted by atomic mass is 9.84. The summed E-state index contributed by atoms with van der Waals surface area (Å²) in [5, 5.41) is 0. The third kappa shape index (κ3) is 2.47. The zero-order chi connectivity index (χ0) is 13.5. The number of hydrogen-bond acceptors (Lipinski definition) is 2. The maximum Gasteiger partial charge on any atom is 0.0387 e. The Morgan fingerprint density at radius 2 is 1.83 bits per heavy atom. The van der Waals surface area contributed by atoms with E-state index in [1.807, 2.05) is 0 Å². The number of nitrogen functional groups attached to an aromatic ring is 1. The van der Waals surface area contributed by atoms with Crippen LogP contribution in [-0.2, 0) is 5.41 Å². The van der Waals surface area contributed by atoms with Gasteiger partial charge < -0.3 is 10.6 Å². The standard InChI is InChI=1S/C16H26N2/c1-11(2)12-9-18(10-12)13-6-7-14(15(17)8-13)16(3,4)5/h6-8,11-12H,9-10,17H2,1-5H3. The predicted octanol–water partition coefficient (Wildman–Crippen LogP) is 3.66. The van der Waals surface area contributed by atoms with Gasteiger partial charge in [-0.05, 0) is 34.9 Å². The second kappa shape index (κ2) is 4.49. The van der Waals surface area contributed by atoms with Crippen molar-refractivity contribution in [1.29, 1.82) is 0 Å². The summed E-state index contributed by atoms with van der Waals surface area (Å²) in [4.78, 5) is 2.42. The van der Waals surface area contributed by atoms with Gasteiger partial charge >= 0.3 is 0 Å². The Morgan fingerprint density at radius 3 is 2.28 bits per heavy atom. The van der Waals surface area contributed by atoms with E-state index in [4.69, 9.17) is 5.73 Å². The fraction of sp³-hybridized carbons (Fsp3) is 0.625. The van der Waals surface area contributed by atoms with Crippen molar-refractivity contribution in [2.24, 2.45) is 11.8 Å². The third-order valence-corrected chi connectivity index (χ3v) is 4.06. The largest absolute Gasteiger partial charge is 0.398 e. The van der Waals surface area contributed by atoms with E-state index < -0.39 is 0 Å². The van der Waals surface area contributed by atoms with E-state index >= 15 is 0 Å². The van der Waals surface area contributed by atoms with Crippen molar-refractivity contribution in [3.8, 4) is 0 Å². The number of rotatable bonds is 2.